The van der Waals surface area contributed by atoms with Crippen LogP contribution >= 0.6 is 27.3 Å². The smallest absolute Gasteiger partial charge is 0.256 e. The molecule has 0 saturated heterocycles. The molecule has 1 amide bonds. The van der Waals surface area contributed by atoms with Crippen LogP contribution in [0.2, 0.25) is 0 Å². The monoisotopic (exact) mass is 324 g/mol. The van der Waals surface area contributed by atoms with Gasteiger partial charge in [0.1, 0.15) is 0 Å². The van der Waals surface area contributed by atoms with Crippen molar-refractivity contribution in [1.29, 1.82) is 0 Å². The average Bonchev–Trinajstić information content (AvgIpc) is 2.76. The predicted octanol–water partition coefficient (Wildman–Crippen LogP) is 3.83. The third kappa shape index (κ3) is 3.11. The molecule has 0 bridgehead atoms. The number of thiophene rings is 1. The maximum absolute atomic E-state index is 12.0. The molecule has 1 N–H and O–H groups in total. The summed E-state index contributed by atoms with van der Waals surface area (Å²) < 4.78 is 0.953. The van der Waals surface area contributed by atoms with Crippen LogP contribution in [0.25, 0.3) is 0 Å². The third-order valence-corrected chi connectivity index (χ3v) is 3.95. The molecule has 0 aliphatic carbocycles. The fraction of sp³-hybridized carbons (Fsp3) is 0.154. The van der Waals surface area contributed by atoms with Crippen LogP contribution in [0, 0.1) is 0 Å². The van der Waals surface area contributed by atoms with Gasteiger partial charge in [0.15, 0.2) is 0 Å². The molecular formula is C13H13BrN2OS. The Morgan fingerprint density at radius 1 is 1.33 bits per heavy atom. The molecule has 0 atom stereocenters. The van der Waals surface area contributed by atoms with Crippen LogP contribution in [0.4, 0.5) is 11.4 Å². The first-order valence-electron chi connectivity index (χ1n) is 5.39. The van der Waals surface area contributed by atoms with Gasteiger partial charge in [0.2, 0.25) is 0 Å². The molecule has 0 aliphatic rings. The second-order valence-corrected chi connectivity index (χ2v) is 6.33. The van der Waals surface area contributed by atoms with Gasteiger partial charge in [-0.25, -0.2) is 0 Å². The van der Waals surface area contributed by atoms with Crippen LogP contribution in [-0.2, 0) is 0 Å². The van der Waals surface area contributed by atoms with E-state index in [1.807, 2.05) is 54.7 Å². The van der Waals surface area contributed by atoms with Crippen LogP contribution < -0.4 is 10.2 Å². The Balaban J connectivity index is 2.14. The first kappa shape index (κ1) is 13.1. The quantitative estimate of drug-likeness (QED) is 0.930. The minimum Gasteiger partial charge on any atom is -0.378 e. The molecule has 1 heterocycles. The molecule has 1 aromatic carbocycles. The van der Waals surface area contributed by atoms with E-state index in [9.17, 15) is 4.79 Å². The van der Waals surface area contributed by atoms with Crippen LogP contribution in [0.3, 0.4) is 0 Å². The van der Waals surface area contributed by atoms with Gasteiger partial charge in [-0.05, 0) is 40.2 Å². The van der Waals surface area contributed by atoms with Crippen molar-refractivity contribution in [3.63, 3.8) is 0 Å². The molecule has 2 aromatic rings. The summed E-state index contributed by atoms with van der Waals surface area (Å²) in [5, 5.41) is 4.72. The van der Waals surface area contributed by atoms with Gasteiger partial charge in [-0.15, -0.1) is 11.3 Å². The molecule has 0 aliphatic heterocycles. The number of carbonyl (C=O) groups is 1. The zero-order chi connectivity index (χ0) is 13.1. The molecule has 0 spiro atoms. The molecule has 18 heavy (non-hydrogen) atoms. The normalized spacial score (nSPS) is 10.2. The number of halogens is 1. The fourth-order valence-corrected chi connectivity index (χ4v) is 2.63. The van der Waals surface area contributed by atoms with Crippen LogP contribution in [0.15, 0.2) is 39.5 Å². The summed E-state index contributed by atoms with van der Waals surface area (Å²) in [6.45, 7) is 0. The molecular weight excluding hydrogens is 312 g/mol. The lowest BCUT2D eigenvalue weighted by atomic mass is 10.2. The van der Waals surface area contributed by atoms with Crippen molar-refractivity contribution in [2.45, 2.75) is 0 Å². The number of carbonyl (C=O) groups excluding carboxylic acids is 1. The highest BCUT2D eigenvalue weighted by molar-refractivity contribution is 9.11. The Kier molecular flexibility index (Phi) is 4.04. The topological polar surface area (TPSA) is 32.3 Å². The molecule has 1 aromatic heterocycles. The first-order chi connectivity index (χ1) is 8.56. The highest BCUT2D eigenvalue weighted by Crippen LogP contribution is 2.22. The SMILES string of the molecule is CN(C)c1cccc(NC(=O)c2csc(Br)c2)c1. The molecule has 0 unspecified atom stereocenters. The van der Waals surface area contributed by atoms with E-state index >= 15 is 0 Å². The maximum atomic E-state index is 12.0. The standard InChI is InChI=1S/C13H13BrN2OS/c1-16(2)11-5-3-4-10(7-11)15-13(17)9-6-12(14)18-8-9/h3-8H,1-2H3,(H,15,17). The van der Waals surface area contributed by atoms with E-state index in [4.69, 9.17) is 0 Å². The number of hydrogen-bond donors (Lipinski definition) is 1. The largest absolute Gasteiger partial charge is 0.378 e. The molecule has 3 nitrogen and oxygen atoms in total. The summed E-state index contributed by atoms with van der Waals surface area (Å²) in [6, 6.07) is 9.56. The second kappa shape index (κ2) is 5.54. The van der Waals surface area contributed by atoms with Crippen molar-refractivity contribution in [2.24, 2.45) is 0 Å². The van der Waals surface area contributed by atoms with Crippen molar-refractivity contribution >= 4 is 44.5 Å². The number of nitrogens with zero attached hydrogens (tertiary/aromatic N) is 1. The number of benzene rings is 1. The Labute approximate surface area is 119 Å². The number of hydrogen-bond acceptors (Lipinski definition) is 3. The van der Waals surface area contributed by atoms with Crippen LogP contribution in [0.5, 0.6) is 0 Å². The number of amides is 1. The molecule has 5 heteroatoms. The van der Waals surface area contributed by atoms with Gasteiger partial charge in [-0.2, -0.15) is 0 Å². The number of anilines is 2. The number of rotatable bonds is 3. The van der Waals surface area contributed by atoms with Gasteiger partial charge in [0.25, 0.3) is 5.91 Å². The summed E-state index contributed by atoms with van der Waals surface area (Å²) in [5.74, 6) is -0.0899. The van der Waals surface area contributed by atoms with Gasteiger partial charge in [-0.3, -0.25) is 4.79 Å². The summed E-state index contributed by atoms with van der Waals surface area (Å²) in [6.07, 6.45) is 0. The molecule has 0 saturated carbocycles. The van der Waals surface area contributed by atoms with E-state index in [0.29, 0.717) is 5.56 Å². The van der Waals surface area contributed by atoms with Crippen molar-refractivity contribution in [3.05, 3.63) is 45.1 Å². The Hall–Kier alpha value is -1.33. The highest BCUT2D eigenvalue weighted by atomic mass is 79.9. The van der Waals surface area contributed by atoms with E-state index in [1.54, 1.807) is 0 Å². The van der Waals surface area contributed by atoms with Crippen LogP contribution in [-0.4, -0.2) is 20.0 Å². The van der Waals surface area contributed by atoms with Gasteiger partial charge in [0.05, 0.1) is 9.35 Å². The molecule has 94 valence electrons. The zero-order valence-corrected chi connectivity index (χ0v) is 12.5. The Morgan fingerprint density at radius 2 is 2.11 bits per heavy atom. The van der Waals surface area contributed by atoms with Gasteiger partial charge >= 0.3 is 0 Å². The van der Waals surface area contributed by atoms with E-state index in [2.05, 4.69) is 21.2 Å². The van der Waals surface area contributed by atoms with E-state index in [-0.39, 0.29) is 5.91 Å². The molecule has 0 radical (unpaired) electrons. The first-order valence-corrected chi connectivity index (χ1v) is 7.06. The Bertz CT molecular complexity index is 566. The van der Waals surface area contributed by atoms with E-state index in [1.165, 1.54) is 11.3 Å². The lowest BCUT2D eigenvalue weighted by molar-refractivity contribution is 0.102. The van der Waals surface area contributed by atoms with Crippen molar-refractivity contribution < 1.29 is 4.79 Å². The van der Waals surface area contributed by atoms with Gasteiger partial charge < -0.3 is 10.2 Å². The van der Waals surface area contributed by atoms with Crippen molar-refractivity contribution in [2.75, 3.05) is 24.3 Å². The van der Waals surface area contributed by atoms with Crippen molar-refractivity contribution in [1.82, 2.24) is 0 Å². The summed E-state index contributed by atoms with van der Waals surface area (Å²) in [7, 11) is 3.94. The van der Waals surface area contributed by atoms with E-state index < -0.39 is 0 Å². The maximum Gasteiger partial charge on any atom is 0.256 e. The lowest BCUT2D eigenvalue weighted by Gasteiger charge is -2.13. The minimum absolute atomic E-state index is 0.0899. The van der Waals surface area contributed by atoms with Crippen molar-refractivity contribution in [3.8, 4) is 0 Å². The highest BCUT2D eigenvalue weighted by Gasteiger charge is 2.08. The predicted molar refractivity (Wildman–Crippen MR) is 80.7 cm³/mol. The van der Waals surface area contributed by atoms with Gasteiger partial charge in [0, 0.05) is 30.9 Å². The van der Waals surface area contributed by atoms with Crippen LogP contribution in [0.1, 0.15) is 10.4 Å². The zero-order valence-electron chi connectivity index (χ0n) is 10.1. The fourth-order valence-electron chi connectivity index (χ4n) is 1.49. The van der Waals surface area contributed by atoms with E-state index in [0.717, 1.165) is 15.2 Å². The summed E-state index contributed by atoms with van der Waals surface area (Å²) in [4.78, 5) is 14.0. The molecule has 2 rings (SSSR count). The lowest BCUT2D eigenvalue weighted by Crippen LogP contribution is -2.12. The summed E-state index contributed by atoms with van der Waals surface area (Å²) >= 11 is 4.85. The average molecular weight is 325 g/mol. The second-order valence-electron chi connectivity index (χ2n) is 4.04. The molecule has 0 fully saturated rings. The third-order valence-electron chi connectivity index (χ3n) is 2.45. The Morgan fingerprint density at radius 3 is 2.72 bits per heavy atom. The minimum atomic E-state index is -0.0899. The van der Waals surface area contributed by atoms with Gasteiger partial charge in [-0.1, -0.05) is 6.07 Å². The number of nitrogens with one attached hydrogen (secondary N) is 1. The summed E-state index contributed by atoms with van der Waals surface area (Å²) in [5.41, 5.74) is 2.52.